The van der Waals surface area contributed by atoms with E-state index in [2.05, 4.69) is 43.0 Å². The SMILES string of the molecule is CC(C)C1(C)CC1NC1=NCCCN1C. The minimum atomic E-state index is 0.487. The highest BCUT2D eigenvalue weighted by Crippen LogP contribution is 2.51. The molecule has 1 saturated carbocycles. The Morgan fingerprint density at radius 3 is 2.80 bits per heavy atom. The van der Waals surface area contributed by atoms with Gasteiger partial charge in [-0.05, 0) is 24.2 Å². The number of hydrogen-bond donors (Lipinski definition) is 1. The van der Waals surface area contributed by atoms with Crippen LogP contribution in [-0.4, -0.2) is 37.0 Å². The number of aliphatic imine (C=N–C) groups is 1. The lowest BCUT2D eigenvalue weighted by molar-refractivity contribution is 0.366. The summed E-state index contributed by atoms with van der Waals surface area (Å²) in [6.07, 6.45) is 2.48. The Morgan fingerprint density at radius 2 is 2.27 bits per heavy atom. The monoisotopic (exact) mass is 209 g/mol. The van der Waals surface area contributed by atoms with Crippen molar-refractivity contribution in [3.05, 3.63) is 0 Å². The third kappa shape index (κ3) is 1.97. The van der Waals surface area contributed by atoms with E-state index in [4.69, 9.17) is 0 Å². The van der Waals surface area contributed by atoms with Crippen molar-refractivity contribution < 1.29 is 0 Å². The molecule has 0 aromatic rings. The maximum Gasteiger partial charge on any atom is 0.193 e. The molecule has 1 fully saturated rings. The predicted molar refractivity (Wildman–Crippen MR) is 64.0 cm³/mol. The molecular weight excluding hydrogens is 186 g/mol. The van der Waals surface area contributed by atoms with Gasteiger partial charge in [0.1, 0.15) is 0 Å². The lowest BCUT2D eigenvalue weighted by atomic mass is 9.94. The summed E-state index contributed by atoms with van der Waals surface area (Å²) in [6.45, 7) is 9.12. The molecule has 2 unspecified atom stereocenters. The van der Waals surface area contributed by atoms with Crippen molar-refractivity contribution in [3.63, 3.8) is 0 Å². The maximum atomic E-state index is 4.55. The highest BCUT2D eigenvalue weighted by atomic mass is 15.3. The van der Waals surface area contributed by atoms with Gasteiger partial charge in [0, 0.05) is 26.2 Å². The van der Waals surface area contributed by atoms with Crippen molar-refractivity contribution in [2.45, 2.75) is 39.7 Å². The molecule has 0 spiro atoms. The van der Waals surface area contributed by atoms with Crippen LogP contribution in [0.2, 0.25) is 0 Å². The lowest BCUT2D eigenvalue weighted by Crippen LogP contribution is -2.44. The molecule has 0 amide bonds. The average Bonchev–Trinajstić information content (AvgIpc) is 2.83. The topological polar surface area (TPSA) is 27.6 Å². The van der Waals surface area contributed by atoms with Crippen LogP contribution in [0.5, 0.6) is 0 Å². The minimum absolute atomic E-state index is 0.487. The van der Waals surface area contributed by atoms with Crippen molar-refractivity contribution in [1.29, 1.82) is 0 Å². The van der Waals surface area contributed by atoms with E-state index in [0.29, 0.717) is 11.5 Å². The van der Waals surface area contributed by atoms with Crippen molar-refractivity contribution in [1.82, 2.24) is 10.2 Å². The van der Waals surface area contributed by atoms with Gasteiger partial charge >= 0.3 is 0 Å². The van der Waals surface area contributed by atoms with Crippen molar-refractivity contribution in [2.75, 3.05) is 20.1 Å². The predicted octanol–water partition coefficient (Wildman–Crippen LogP) is 1.70. The first-order chi connectivity index (χ1) is 7.04. The second-order valence-electron chi connectivity index (χ2n) is 5.54. The molecule has 0 radical (unpaired) electrons. The fourth-order valence-electron chi connectivity index (χ4n) is 2.27. The number of nitrogens with one attached hydrogen (secondary N) is 1. The van der Waals surface area contributed by atoms with E-state index < -0.39 is 0 Å². The zero-order valence-electron chi connectivity index (χ0n) is 10.4. The Hall–Kier alpha value is -0.730. The molecular formula is C12H23N3. The van der Waals surface area contributed by atoms with Gasteiger partial charge in [0.2, 0.25) is 0 Å². The van der Waals surface area contributed by atoms with Crippen LogP contribution in [0.4, 0.5) is 0 Å². The lowest BCUT2D eigenvalue weighted by Gasteiger charge is -2.27. The summed E-state index contributed by atoms with van der Waals surface area (Å²) in [4.78, 5) is 6.79. The summed E-state index contributed by atoms with van der Waals surface area (Å²) in [5.41, 5.74) is 0.487. The summed E-state index contributed by atoms with van der Waals surface area (Å²) in [7, 11) is 2.13. The highest BCUT2D eigenvalue weighted by Gasteiger charge is 2.52. The molecule has 1 aliphatic heterocycles. The minimum Gasteiger partial charge on any atom is -0.353 e. The van der Waals surface area contributed by atoms with Gasteiger partial charge in [-0.15, -0.1) is 0 Å². The summed E-state index contributed by atoms with van der Waals surface area (Å²) < 4.78 is 0. The normalized spacial score (nSPS) is 35.4. The quantitative estimate of drug-likeness (QED) is 0.749. The van der Waals surface area contributed by atoms with Gasteiger partial charge in [-0.3, -0.25) is 4.99 Å². The van der Waals surface area contributed by atoms with Crippen LogP contribution in [0.25, 0.3) is 0 Å². The standard InChI is InChI=1S/C12H23N3/c1-9(2)12(3)8-10(12)14-11-13-6-5-7-15(11)4/h9-10H,5-8H2,1-4H3,(H,13,14). The van der Waals surface area contributed by atoms with Gasteiger partial charge in [0.05, 0.1) is 0 Å². The molecule has 3 heteroatoms. The molecule has 3 nitrogen and oxygen atoms in total. The molecule has 1 N–H and O–H groups in total. The van der Waals surface area contributed by atoms with Crippen LogP contribution >= 0.6 is 0 Å². The second-order valence-corrected chi connectivity index (χ2v) is 5.54. The van der Waals surface area contributed by atoms with Crippen molar-refractivity contribution >= 4 is 5.96 Å². The van der Waals surface area contributed by atoms with E-state index in [0.717, 1.165) is 25.0 Å². The number of nitrogens with zero attached hydrogens (tertiary/aromatic N) is 2. The van der Waals surface area contributed by atoms with E-state index in [9.17, 15) is 0 Å². The van der Waals surface area contributed by atoms with Crippen molar-refractivity contribution in [3.8, 4) is 0 Å². The third-order valence-corrected chi connectivity index (χ3v) is 4.18. The zero-order valence-corrected chi connectivity index (χ0v) is 10.4. The van der Waals surface area contributed by atoms with Crippen LogP contribution in [0.3, 0.4) is 0 Å². The fraction of sp³-hybridized carbons (Fsp3) is 0.917. The molecule has 2 rings (SSSR count). The van der Waals surface area contributed by atoms with E-state index in [1.807, 2.05) is 0 Å². The van der Waals surface area contributed by atoms with Crippen molar-refractivity contribution in [2.24, 2.45) is 16.3 Å². The van der Waals surface area contributed by atoms with E-state index in [-0.39, 0.29) is 0 Å². The smallest absolute Gasteiger partial charge is 0.193 e. The summed E-state index contributed by atoms with van der Waals surface area (Å²) in [5.74, 6) is 1.86. The molecule has 0 aromatic heterocycles. The molecule has 15 heavy (non-hydrogen) atoms. The molecule has 0 bridgehead atoms. The largest absolute Gasteiger partial charge is 0.353 e. The van der Waals surface area contributed by atoms with Crippen LogP contribution < -0.4 is 5.32 Å². The van der Waals surface area contributed by atoms with Gasteiger partial charge in [0.25, 0.3) is 0 Å². The zero-order chi connectivity index (χ0) is 11.1. The van der Waals surface area contributed by atoms with Crippen LogP contribution in [0, 0.1) is 11.3 Å². The molecule has 2 atom stereocenters. The summed E-state index contributed by atoms with van der Waals surface area (Å²) in [6, 6.07) is 0.636. The summed E-state index contributed by atoms with van der Waals surface area (Å²) >= 11 is 0. The van der Waals surface area contributed by atoms with E-state index >= 15 is 0 Å². The number of guanidine groups is 1. The Labute approximate surface area is 92.9 Å². The Kier molecular flexibility index (Phi) is 2.65. The second kappa shape index (κ2) is 3.69. The first-order valence-electron chi connectivity index (χ1n) is 6.06. The molecule has 0 saturated heterocycles. The van der Waals surface area contributed by atoms with Crippen LogP contribution in [0.1, 0.15) is 33.6 Å². The van der Waals surface area contributed by atoms with Gasteiger partial charge < -0.3 is 10.2 Å². The fourth-order valence-corrected chi connectivity index (χ4v) is 2.27. The van der Waals surface area contributed by atoms with Gasteiger partial charge in [-0.2, -0.15) is 0 Å². The van der Waals surface area contributed by atoms with E-state index in [1.165, 1.54) is 12.8 Å². The van der Waals surface area contributed by atoms with Gasteiger partial charge in [0.15, 0.2) is 5.96 Å². The highest BCUT2D eigenvalue weighted by molar-refractivity contribution is 5.81. The number of rotatable bonds is 2. The van der Waals surface area contributed by atoms with Gasteiger partial charge in [-0.1, -0.05) is 20.8 Å². The molecule has 2 aliphatic rings. The molecule has 1 aliphatic carbocycles. The first-order valence-corrected chi connectivity index (χ1v) is 6.06. The van der Waals surface area contributed by atoms with Gasteiger partial charge in [-0.25, -0.2) is 0 Å². The number of hydrogen-bond acceptors (Lipinski definition) is 3. The molecule has 0 aromatic carbocycles. The van der Waals surface area contributed by atoms with Crippen LogP contribution in [0.15, 0.2) is 4.99 Å². The summed E-state index contributed by atoms with van der Waals surface area (Å²) in [5, 5.41) is 3.59. The van der Waals surface area contributed by atoms with E-state index in [1.54, 1.807) is 0 Å². The Bertz CT molecular complexity index is 272. The maximum absolute atomic E-state index is 4.55. The van der Waals surface area contributed by atoms with Crippen LogP contribution in [-0.2, 0) is 0 Å². The molecule has 1 heterocycles. The Morgan fingerprint density at radius 1 is 1.53 bits per heavy atom. The third-order valence-electron chi connectivity index (χ3n) is 4.18. The molecule has 86 valence electrons. The first kappa shape index (κ1) is 10.8. The average molecular weight is 209 g/mol. The Balaban J connectivity index is 1.92.